The van der Waals surface area contributed by atoms with Crippen LogP contribution < -0.4 is 9.97 Å². The summed E-state index contributed by atoms with van der Waals surface area (Å²) in [6.07, 6.45) is 2.26. The maximum Gasteiger partial charge on any atom is 0.270 e. The molecule has 22 heavy (non-hydrogen) atoms. The van der Waals surface area contributed by atoms with Crippen molar-refractivity contribution in [3.8, 4) is 0 Å². The maximum atomic E-state index is 14.2. The highest BCUT2D eigenvalue weighted by atomic mass is 32.1. The first-order valence-corrected chi connectivity index (χ1v) is 9.76. The van der Waals surface area contributed by atoms with E-state index in [0.717, 1.165) is 41.8 Å². The summed E-state index contributed by atoms with van der Waals surface area (Å²) < 4.78 is 18.5. The summed E-state index contributed by atoms with van der Waals surface area (Å²) >= 11 is 4.58. The number of benzene rings is 2. The van der Waals surface area contributed by atoms with Crippen molar-refractivity contribution in [3.63, 3.8) is 0 Å². The largest absolute Gasteiger partial charge is 0.306 e. The van der Waals surface area contributed by atoms with Crippen LogP contribution in [0.2, 0.25) is 0 Å². The second-order valence-electron chi connectivity index (χ2n) is 5.91. The highest BCUT2D eigenvalue weighted by molar-refractivity contribution is 7.82. The van der Waals surface area contributed by atoms with Gasteiger partial charge in [-0.05, 0) is 37.1 Å². The van der Waals surface area contributed by atoms with Gasteiger partial charge in [0.25, 0.3) is 7.44 Å². The lowest BCUT2D eigenvalue weighted by atomic mass is 10.2. The monoisotopic (exact) mass is 330 g/mol. The molecule has 0 aliphatic carbocycles. The predicted octanol–water partition coefficient (Wildman–Crippen LogP) is 3.78. The lowest BCUT2D eigenvalue weighted by Gasteiger charge is -2.31. The molecule has 2 saturated heterocycles. The molecule has 0 N–H and O–H groups in total. The fourth-order valence-electron chi connectivity index (χ4n) is 3.65. The Morgan fingerprint density at radius 3 is 2.55 bits per heavy atom. The molecule has 0 bridgehead atoms. The van der Waals surface area contributed by atoms with Gasteiger partial charge in [-0.15, -0.1) is 12.6 Å². The molecular formula is C17H19N2OPS. The van der Waals surface area contributed by atoms with Gasteiger partial charge < -0.3 is 4.67 Å². The Labute approximate surface area is 136 Å². The van der Waals surface area contributed by atoms with Crippen molar-refractivity contribution in [1.29, 1.82) is 0 Å². The molecule has 0 amide bonds. The van der Waals surface area contributed by atoms with Crippen molar-refractivity contribution in [3.05, 3.63) is 54.6 Å². The number of hydrogen-bond acceptors (Lipinski definition) is 2. The Bertz CT molecular complexity index is 736. The summed E-state index contributed by atoms with van der Waals surface area (Å²) in [5, 5.41) is 0.867. The van der Waals surface area contributed by atoms with Crippen LogP contribution in [0.5, 0.6) is 0 Å². The molecule has 2 aliphatic heterocycles. The van der Waals surface area contributed by atoms with Gasteiger partial charge in [0.05, 0.1) is 5.30 Å². The number of thiol groups is 1. The molecule has 0 radical (unpaired) electrons. The van der Waals surface area contributed by atoms with E-state index < -0.39 is 7.44 Å². The van der Waals surface area contributed by atoms with Crippen LogP contribution >= 0.6 is 20.1 Å². The lowest BCUT2D eigenvalue weighted by Crippen LogP contribution is -2.28. The molecule has 5 heteroatoms. The summed E-state index contributed by atoms with van der Waals surface area (Å²) in [6.45, 7) is 1.75. The molecule has 2 unspecified atom stereocenters. The van der Waals surface area contributed by atoms with Gasteiger partial charge in [0.2, 0.25) is 0 Å². The van der Waals surface area contributed by atoms with Crippen LogP contribution in [-0.4, -0.2) is 23.8 Å². The Morgan fingerprint density at radius 1 is 1.05 bits per heavy atom. The van der Waals surface area contributed by atoms with Crippen LogP contribution in [0.15, 0.2) is 59.5 Å². The molecule has 0 saturated carbocycles. The van der Waals surface area contributed by atoms with Crippen molar-refractivity contribution >= 4 is 31.1 Å². The zero-order valence-corrected chi connectivity index (χ0v) is 14.1. The van der Waals surface area contributed by atoms with Gasteiger partial charge in [-0.2, -0.15) is 0 Å². The lowest BCUT2D eigenvalue weighted by molar-refractivity contribution is 0.436. The number of rotatable bonds is 2. The van der Waals surface area contributed by atoms with Gasteiger partial charge in [0, 0.05) is 29.7 Å². The van der Waals surface area contributed by atoms with Crippen molar-refractivity contribution in [2.45, 2.75) is 23.8 Å². The minimum absolute atomic E-state index is 0.388. The SMILES string of the molecule is O=P1(c2ccccc2S)N(c2ccccc2)CC2CCCN21. The molecule has 2 heterocycles. The van der Waals surface area contributed by atoms with Crippen LogP contribution in [0, 0.1) is 0 Å². The average Bonchev–Trinajstić information content (AvgIpc) is 3.11. The molecule has 4 rings (SSSR count). The molecule has 2 aromatic carbocycles. The smallest absolute Gasteiger partial charge is 0.270 e. The fourth-order valence-corrected chi connectivity index (χ4v) is 7.57. The van der Waals surface area contributed by atoms with Crippen LogP contribution in [0.25, 0.3) is 0 Å². The minimum atomic E-state index is -2.81. The van der Waals surface area contributed by atoms with Gasteiger partial charge in [0.15, 0.2) is 0 Å². The molecule has 2 aromatic rings. The number of fused-ring (bicyclic) bond motifs is 1. The van der Waals surface area contributed by atoms with Crippen LogP contribution in [0.1, 0.15) is 12.8 Å². The molecular weight excluding hydrogens is 311 g/mol. The van der Waals surface area contributed by atoms with Crippen LogP contribution in [0.3, 0.4) is 0 Å². The van der Waals surface area contributed by atoms with Crippen molar-refractivity contribution < 1.29 is 4.57 Å². The Hall–Kier alpha value is -1.22. The Morgan fingerprint density at radius 2 is 1.77 bits per heavy atom. The highest BCUT2D eigenvalue weighted by Crippen LogP contribution is 2.62. The normalized spacial score (nSPS) is 28.0. The summed E-state index contributed by atoms with van der Waals surface area (Å²) in [7, 11) is -2.81. The molecule has 114 valence electrons. The van der Waals surface area contributed by atoms with Gasteiger partial charge in [0.1, 0.15) is 0 Å². The Balaban J connectivity index is 1.88. The molecule has 2 fully saturated rings. The minimum Gasteiger partial charge on any atom is -0.306 e. The second-order valence-corrected chi connectivity index (χ2v) is 8.96. The number of nitrogens with zero attached hydrogens (tertiary/aromatic N) is 2. The zero-order chi connectivity index (χ0) is 15.2. The molecule has 2 atom stereocenters. The van der Waals surface area contributed by atoms with Crippen LogP contribution in [-0.2, 0) is 4.57 Å². The van der Waals surface area contributed by atoms with E-state index in [4.69, 9.17) is 0 Å². The molecule has 0 spiro atoms. The van der Waals surface area contributed by atoms with Crippen molar-refractivity contribution in [2.24, 2.45) is 0 Å². The first kappa shape index (κ1) is 14.4. The average molecular weight is 330 g/mol. The molecule has 0 aromatic heterocycles. The fraction of sp³-hybridized carbons (Fsp3) is 0.294. The van der Waals surface area contributed by atoms with Crippen LogP contribution in [0.4, 0.5) is 5.69 Å². The van der Waals surface area contributed by atoms with E-state index in [1.807, 2.05) is 42.5 Å². The zero-order valence-electron chi connectivity index (χ0n) is 12.3. The Kier molecular flexibility index (Phi) is 3.56. The number of hydrogen-bond donors (Lipinski definition) is 1. The summed E-state index contributed by atoms with van der Waals surface area (Å²) in [6, 6.07) is 18.3. The van der Waals surface area contributed by atoms with E-state index in [1.54, 1.807) is 0 Å². The maximum absolute atomic E-state index is 14.2. The second kappa shape index (κ2) is 5.45. The third-order valence-corrected chi connectivity index (χ3v) is 8.51. The van der Waals surface area contributed by atoms with Gasteiger partial charge in [-0.1, -0.05) is 30.3 Å². The third-order valence-electron chi connectivity index (χ3n) is 4.65. The van der Waals surface area contributed by atoms with E-state index in [2.05, 4.69) is 34.1 Å². The molecule has 3 nitrogen and oxygen atoms in total. The van der Waals surface area contributed by atoms with Gasteiger partial charge >= 0.3 is 0 Å². The highest BCUT2D eigenvalue weighted by Gasteiger charge is 2.52. The summed E-state index contributed by atoms with van der Waals surface area (Å²) in [4.78, 5) is 0.819. The third kappa shape index (κ3) is 2.05. The first-order chi connectivity index (χ1) is 10.7. The predicted molar refractivity (Wildman–Crippen MR) is 94.5 cm³/mol. The van der Waals surface area contributed by atoms with E-state index in [1.165, 1.54) is 0 Å². The molecule has 2 aliphatic rings. The van der Waals surface area contributed by atoms with E-state index in [9.17, 15) is 4.57 Å². The van der Waals surface area contributed by atoms with E-state index in [0.29, 0.717) is 6.04 Å². The van der Waals surface area contributed by atoms with Crippen molar-refractivity contribution in [2.75, 3.05) is 17.8 Å². The number of anilines is 1. The van der Waals surface area contributed by atoms with Crippen molar-refractivity contribution in [1.82, 2.24) is 4.67 Å². The van der Waals surface area contributed by atoms with E-state index in [-0.39, 0.29) is 0 Å². The van der Waals surface area contributed by atoms with Gasteiger partial charge in [-0.25, -0.2) is 4.67 Å². The standard InChI is InChI=1S/C17H19N2OPS/c20-21(16-10-4-5-11-17(16)22)18-12-6-9-15(18)13-19(21)14-7-2-1-3-8-14/h1-5,7-8,10-11,15,22H,6,9,12-13H2. The topological polar surface area (TPSA) is 23.6 Å². The summed E-state index contributed by atoms with van der Waals surface area (Å²) in [5.74, 6) is 0. The number of para-hydroxylation sites is 1. The quantitative estimate of drug-likeness (QED) is 0.670. The first-order valence-electron chi connectivity index (χ1n) is 7.70. The van der Waals surface area contributed by atoms with Gasteiger partial charge in [-0.3, -0.25) is 4.57 Å². The van der Waals surface area contributed by atoms with E-state index >= 15 is 0 Å². The summed E-state index contributed by atoms with van der Waals surface area (Å²) in [5.41, 5.74) is 1.04.